The van der Waals surface area contributed by atoms with Crippen molar-refractivity contribution < 1.29 is 9.13 Å². The van der Waals surface area contributed by atoms with Crippen molar-refractivity contribution in [3.8, 4) is 5.75 Å². The second-order valence-electron chi connectivity index (χ2n) is 6.71. The van der Waals surface area contributed by atoms with Crippen molar-refractivity contribution in [3.05, 3.63) is 82.9 Å². The third-order valence-corrected chi connectivity index (χ3v) is 5.30. The molecule has 2 heterocycles. The van der Waals surface area contributed by atoms with Crippen LogP contribution in [-0.4, -0.2) is 15.0 Å². The molecule has 0 aliphatic carbocycles. The summed E-state index contributed by atoms with van der Waals surface area (Å²) in [7, 11) is 0. The van der Waals surface area contributed by atoms with Gasteiger partial charge >= 0.3 is 0 Å². The lowest BCUT2D eigenvalue weighted by Gasteiger charge is -2.10. The van der Waals surface area contributed by atoms with Gasteiger partial charge in [0.25, 0.3) is 0 Å². The van der Waals surface area contributed by atoms with Gasteiger partial charge in [-0.05, 0) is 49.2 Å². The molecule has 0 bridgehead atoms. The number of thioether (sulfide) groups is 1. The maximum absolute atomic E-state index is 13.0. The number of hydrogen-bond donors (Lipinski definition) is 1. The Kier molecular flexibility index (Phi) is 5.30. The predicted molar refractivity (Wildman–Crippen MR) is 110 cm³/mol. The highest BCUT2D eigenvalue weighted by Crippen LogP contribution is 2.26. The normalized spacial score (nSPS) is 11.1. The first kappa shape index (κ1) is 18.5. The van der Waals surface area contributed by atoms with Gasteiger partial charge in [-0.15, -0.1) is 0 Å². The summed E-state index contributed by atoms with van der Waals surface area (Å²) in [5.74, 6) is 1.23. The molecule has 0 saturated heterocycles. The van der Waals surface area contributed by atoms with E-state index in [0.29, 0.717) is 12.4 Å². The molecule has 0 saturated carbocycles. The van der Waals surface area contributed by atoms with Gasteiger partial charge in [0.2, 0.25) is 0 Å². The lowest BCUT2D eigenvalue weighted by atomic mass is 10.2. The number of aromatic amines is 1. The average Bonchev–Trinajstić information content (AvgIpc) is 3.09. The molecule has 0 aliphatic rings. The van der Waals surface area contributed by atoms with Gasteiger partial charge in [-0.3, -0.25) is 4.98 Å². The highest BCUT2D eigenvalue weighted by Gasteiger charge is 2.08. The molecule has 28 heavy (non-hydrogen) atoms. The van der Waals surface area contributed by atoms with Crippen LogP contribution in [0, 0.1) is 19.7 Å². The topological polar surface area (TPSA) is 50.8 Å². The number of pyridine rings is 1. The van der Waals surface area contributed by atoms with Gasteiger partial charge in [0.1, 0.15) is 18.2 Å². The molecular weight excluding hydrogens is 373 g/mol. The number of ether oxygens (including phenoxy) is 1. The van der Waals surface area contributed by atoms with Crippen LogP contribution < -0.4 is 4.74 Å². The first-order valence-corrected chi connectivity index (χ1v) is 9.97. The fraction of sp³-hybridized carbons (Fsp3) is 0.182. The van der Waals surface area contributed by atoms with Gasteiger partial charge < -0.3 is 9.72 Å². The fourth-order valence-corrected chi connectivity index (χ4v) is 3.61. The third-order valence-electron chi connectivity index (χ3n) is 4.39. The summed E-state index contributed by atoms with van der Waals surface area (Å²) in [6.45, 7) is 4.41. The molecule has 6 heteroatoms. The Morgan fingerprint density at radius 3 is 2.71 bits per heavy atom. The smallest absolute Gasteiger partial charge is 0.166 e. The lowest BCUT2D eigenvalue weighted by Crippen LogP contribution is -1.99. The summed E-state index contributed by atoms with van der Waals surface area (Å²) in [5, 5.41) is 0.872. The Bertz CT molecular complexity index is 1110. The lowest BCUT2D eigenvalue weighted by molar-refractivity contribution is 0.303. The van der Waals surface area contributed by atoms with E-state index in [1.54, 1.807) is 23.9 Å². The number of fused-ring (bicyclic) bond motifs is 1. The molecule has 1 N–H and O–H groups in total. The maximum Gasteiger partial charge on any atom is 0.166 e. The van der Waals surface area contributed by atoms with E-state index in [1.165, 1.54) is 17.7 Å². The second kappa shape index (κ2) is 8.02. The summed E-state index contributed by atoms with van der Waals surface area (Å²) in [6.07, 6.45) is 1.82. The second-order valence-corrected chi connectivity index (χ2v) is 7.67. The molecular formula is C22H20FN3OS. The quantitative estimate of drug-likeness (QED) is 0.434. The van der Waals surface area contributed by atoms with Crippen LogP contribution in [0.3, 0.4) is 0 Å². The number of rotatable bonds is 6. The molecule has 0 unspecified atom stereocenters. The number of imidazole rings is 1. The van der Waals surface area contributed by atoms with Crippen molar-refractivity contribution in [2.45, 2.75) is 31.4 Å². The summed E-state index contributed by atoms with van der Waals surface area (Å²) < 4.78 is 18.9. The van der Waals surface area contributed by atoms with E-state index in [-0.39, 0.29) is 5.82 Å². The number of aryl methyl sites for hydroxylation is 2. The fourth-order valence-electron chi connectivity index (χ4n) is 2.83. The molecule has 4 nitrogen and oxygen atoms in total. The molecule has 4 rings (SSSR count). The van der Waals surface area contributed by atoms with E-state index in [2.05, 4.69) is 34.0 Å². The number of nitrogens with one attached hydrogen (secondary N) is 1. The van der Waals surface area contributed by atoms with E-state index < -0.39 is 0 Å². The number of aromatic nitrogens is 3. The Hall–Kier alpha value is -2.86. The molecule has 0 amide bonds. The van der Waals surface area contributed by atoms with E-state index in [9.17, 15) is 4.39 Å². The van der Waals surface area contributed by atoms with Crippen molar-refractivity contribution in [1.29, 1.82) is 0 Å². The Balaban J connectivity index is 1.43. The maximum atomic E-state index is 13.0. The first-order valence-electron chi connectivity index (χ1n) is 8.99. The van der Waals surface area contributed by atoms with Gasteiger partial charge in [0, 0.05) is 23.6 Å². The van der Waals surface area contributed by atoms with Crippen LogP contribution in [0.15, 0.2) is 59.9 Å². The van der Waals surface area contributed by atoms with Gasteiger partial charge in [0.15, 0.2) is 5.16 Å². The highest BCUT2D eigenvalue weighted by molar-refractivity contribution is 7.98. The van der Waals surface area contributed by atoms with Gasteiger partial charge in [-0.25, -0.2) is 9.37 Å². The van der Waals surface area contributed by atoms with Crippen LogP contribution in [0.4, 0.5) is 4.39 Å². The number of nitrogens with zero attached hydrogens (tertiary/aromatic N) is 2. The standard InChI is InChI=1S/C22H20FN3OS/c1-14-3-8-19-20(9-14)26-22(25-19)28-13-18-10-21(15(2)11-24-18)27-12-16-4-6-17(23)7-5-16/h3-11H,12-13H2,1-2H3,(H,25,26). The first-order chi connectivity index (χ1) is 13.6. The largest absolute Gasteiger partial charge is 0.489 e. The van der Waals surface area contributed by atoms with Crippen molar-refractivity contribution >= 4 is 22.8 Å². The number of halogens is 1. The van der Waals surface area contributed by atoms with Crippen LogP contribution in [0.1, 0.15) is 22.4 Å². The summed E-state index contributed by atoms with van der Waals surface area (Å²) in [4.78, 5) is 12.5. The molecule has 2 aromatic carbocycles. The minimum absolute atomic E-state index is 0.246. The average molecular weight is 393 g/mol. The molecule has 0 atom stereocenters. The Morgan fingerprint density at radius 1 is 1.07 bits per heavy atom. The van der Waals surface area contributed by atoms with Crippen molar-refractivity contribution in [3.63, 3.8) is 0 Å². The molecule has 142 valence electrons. The Labute approximate surface area is 167 Å². The van der Waals surface area contributed by atoms with Crippen LogP contribution in [-0.2, 0) is 12.4 Å². The zero-order valence-electron chi connectivity index (χ0n) is 15.7. The van der Waals surface area contributed by atoms with Crippen molar-refractivity contribution in [2.75, 3.05) is 0 Å². The van der Waals surface area contributed by atoms with Crippen LogP contribution in [0.5, 0.6) is 5.75 Å². The summed E-state index contributed by atoms with van der Waals surface area (Å²) in [5.41, 5.74) is 6.01. The highest BCUT2D eigenvalue weighted by atomic mass is 32.2. The van der Waals surface area contributed by atoms with E-state index >= 15 is 0 Å². The van der Waals surface area contributed by atoms with Crippen molar-refractivity contribution in [2.24, 2.45) is 0 Å². The molecule has 0 fully saturated rings. The van der Waals surface area contributed by atoms with Crippen LogP contribution >= 0.6 is 11.8 Å². The molecule has 0 spiro atoms. The number of hydrogen-bond acceptors (Lipinski definition) is 4. The molecule has 0 aliphatic heterocycles. The van der Waals surface area contributed by atoms with Gasteiger partial charge in [-0.2, -0.15) is 0 Å². The van der Waals surface area contributed by atoms with Crippen molar-refractivity contribution in [1.82, 2.24) is 15.0 Å². The minimum Gasteiger partial charge on any atom is -0.489 e. The van der Waals surface area contributed by atoms with Gasteiger partial charge in [0.05, 0.1) is 16.7 Å². The SMILES string of the molecule is Cc1ccc2[nH]c(SCc3cc(OCc4ccc(F)cc4)c(C)cn3)nc2c1. The monoisotopic (exact) mass is 393 g/mol. The molecule has 0 radical (unpaired) electrons. The van der Waals surface area contributed by atoms with Gasteiger partial charge in [-0.1, -0.05) is 30.0 Å². The van der Waals surface area contributed by atoms with E-state index in [4.69, 9.17) is 4.74 Å². The predicted octanol–water partition coefficient (Wildman–Crippen LogP) is 5.59. The number of H-pyrrole nitrogens is 1. The molecule has 4 aromatic rings. The Morgan fingerprint density at radius 2 is 1.89 bits per heavy atom. The molecule has 2 aromatic heterocycles. The summed E-state index contributed by atoms with van der Waals surface area (Å²) in [6, 6.07) is 14.5. The summed E-state index contributed by atoms with van der Waals surface area (Å²) >= 11 is 1.61. The van der Waals surface area contributed by atoms with E-state index in [0.717, 1.165) is 38.8 Å². The number of benzene rings is 2. The van der Waals surface area contributed by atoms with E-state index in [1.807, 2.05) is 25.3 Å². The zero-order chi connectivity index (χ0) is 19.5. The minimum atomic E-state index is -0.246. The van der Waals surface area contributed by atoms with Crippen LogP contribution in [0.25, 0.3) is 11.0 Å². The van der Waals surface area contributed by atoms with Crippen LogP contribution in [0.2, 0.25) is 0 Å². The zero-order valence-corrected chi connectivity index (χ0v) is 16.5. The third kappa shape index (κ3) is 4.34.